The second kappa shape index (κ2) is 15.0. The Kier molecular flexibility index (Phi) is 10.1. The number of benzene rings is 4. The summed E-state index contributed by atoms with van der Waals surface area (Å²) in [6.45, 7) is 5.30. The Hall–Kier alpha value is -4.74. The maximum atomic E-state index is 13.3. The standard InChI is InChI=1S/C40H45N5O5/c1-28-35(25-44-21-19-40(20-22-44)38(47)42-27-45(40)34-13-6-3-7-14-34)49-37(50-36(28)31-17-15-30(26-46)16-18-31)32-11-8-12-33(23-32)43-39(48)41-24-29-9-4-2-5-10-29/h2-18,23,28,35-37,46H,19-22,24-27H2,1H3,(H,42,47)(H2,41,43,48)/t28-,35+,36+,37+/m1/s1. The van der Waals surface area contributed by atoms with Gasteiger partial charge in [0.15, 0.2) is 6.29 Å². The number of ether oxygens (including phenoxy) is 2. The van der Waals surface area contributed by atoms with Gasteiger partial charge in [0.2, 0.25) is 5.91 Å². The fraction of sp³-hybridized carbons (Fsp3) is 0.350. The van der Waals surface area contributed by atoms with E-state index in [0.29, 0.717) is 25.4 Å². The lowest BCUT2D eigenvalue weighted by Gasteiger charge is -2.46. The van der Waals surface area contributed by atoms with E-state index in [0.717, 1.165) is 53.9 Å². The topological polar surface area (TPSA) is 115 Å². The Balaban J connectivity index is 1.06. The summed E-state index contributed by atoms with van der Waals surface area (Å²) in [7, 11) is 0. The number of hydrogen-bond acceptors (Lipinski definition) is 7. The zero-order chi connectivity index (χ0) is 34.5. The molecule has 7 rings (SSSR count). The Morgan fingerprint density at radius 3 is 2.32 bits per heavy atom. The molecule has 0 bridgehead atoms. The monoisotopic (exact) mass is 675 g/mol. The number of carbonyl (C=O) groups excluding carboxylic acids is 2. The van der Waals surface area contributed by atoms with Crippen molar-refractivity contribution in [1.29, 1.82) is 0 Å². The Morgan fingerprint density at radius 1 is 0.880 bits per heavy atom. The predicted octanol–water partition coefficient (Wildman–Crippen LogP) is 5.72. The zero-order valence-electron chi connectivity index (χ0n) is 28.3. The van der Waals surface area contributed by atoms with E-state index in [9.17, 15) is 14.7 Å². The van der Waals surface area contributed by atoms with E-state index in [1.165, 1.54) is 0 Å². The minimum absolute atomic E-state index is 0.0165. The molecule has 3 amide bonds. The highest BCUT2D eigenvalue weighted by Crippen LogP contribution is 2.43. The number of aliphatic hydroxyl groups is 1. The van der Waals surface area contributed by atoms with Gasteiger partial charge in [-0.05, 0) is 53.8 Å². The first-order valence-corrected chi connectivity index (χ1v) is 17.4. The van der Waals surface area contributed by atoms with Crippen LogP contribution in [-0.2, 0) is 27.4 Å². The quantitative estimate of drug-likeness (QED) is 0.180. The van der Waals surface area contributed by atoms with Gasteiger partial charge in [0, 0.05) is 49.0 Å². The molecule has 50 heavy (non-hydrogen) atoms. The van der Waals surface area contributed by atoms with Crippen molar-refractivity contribution in [1.82, 2.24) is 15.5 Å². The van der Waals surface area contributed by atoms with E-state index in [2.05, 4.69) is 44.8 Å². The number of anilines is 2. The lowest BCUT2D eigenvalue weighted by Crippen LogP contribution is -2.57. The van der Waals surface area contributed by atoms with Gasteiger partial charge < -0.3 is 40.3 Å². The van der Waals surface area contributed by atoms with E-state index in [4.69, 9.17) is 9.47 Å². The molecule has 0 radical (unpaired) electrons. The normalized spacial score (nSPS) is 23.4. The lowest BCUT2D eigenvalue weighted by molar-refractivity contribution is -0.276. The maximum Gasteiger partial charge on any atom is 0.319 e. The van der Waals surface area contributed by atoms with Gasteiger partial charge in [-0.2, -0.15) is 0 Å². The number of nitrogens with zero attached hydrogens (tertiary/aromatic N) is 2. The van der Waals surface area contributed by atoms with Crippen LogP contribution in [0.3, 0.4) is 0 Å². The Bertz CT molecular complexity index is 1750. The van der Waals surface area contributed by atoms with Crippen molar-refractivity contribution in [2.75, 3.05) is 36.5 Å². The number of urea groups is 1. The highest BCUT2D eigenvalue weighted by Gasteiger charge is 2.51. The van der Waals surface area contributed by atoms with Gasteiger partial charge >= 0.3 is 6.03 Å². The zero-order valence-corrected chi connectivity index (χ0v) is 28.3. The molecule has 3 aliphatic rings. The van der Waals surface area contributed by atoms with Crippen LogP contribution in [0.5, 0.6) is 0 Å². The first kappa shape index (κ1) is 33.7. The number of aliphatic hydroxyl groups excluding tert-OH is 1. The van der Waals surface area contributed by atoms with Gasteiger partial charge in [0.25, 0.3) is 0 Å². The third kappa shape index (κ3) is 7.25. The summed E-state index contributed by atoms with van der Waals surface area (Å²) in [5.41, 5.74) is 4.82. The first-order valence-electron chi connectivity index (χ1n) is 17.4. The fourth-order valence-corrected chi connectivity index (χ4v) is 7.44. The van der Waals surface area contributed by atoms with Gasteiger partial charge in [-0.3, -0.25) is 4.79 Å². The van der Waals surface area contributed by atoms with Gasteiger partial charge in [-0.15, -0.1) is 0 Å². The van der Waals surface area contributed by atoms with Gasteiger partial charge in [-0.25, -0.2) is 4.79 Å². The van der Waals surface area contributed by atoms with Gasteiger partial charge in [0.1, 0.15) is 5.54 Å². The largest absolute Gasteiger partial charge is 0.392 e. The number of rotatable bonds is 9. The number of para-hydroxylation sites is 1. The predicted molar refractivity (Wildman–Crippen MR) is 192 cm³/mol. The molecule has 10 heteroatoms. The van der Waals surface area contributed by atoms with Crippen molar-refractivity contribution in [3.63, 3.8) is 0 Å². The molecule has 0 unspecified atom stereocenters. The van der Waals surface area contributed by atoms with Crippen molar-refractivity contribution in [2.24, 2.45) is 5.92 Å². The molecule has 0 saturated carbocycles. The second-order valence-electron chi connectivity index (χ2n) is 13.5. The van der Waals surface area contributed by atoms with Crippen LogP contribution in [-0.4, -0.2) is 59.9 Å². The van der Waals surface area contributed by atoms with Crippen molar-refractivity contribution in [2.45, 2.75) is 57.0 Å². The summed E-state index contributed by atoms with van der Waals surface area (Å²) in [5, 5.41) is 18.6. The van der Waals surface area contributed by atoms with E-state index >= 15 is 0 Å². The molecule has 3 saturated heterocycles. The molecule has 0 aromatic heterocycles. The Morgan fingerprint density at radius 2 is 1.60 bits per heavy atom. The molecule has 4 aromatic carbocycles. The van der Waals surface area contributed by atoms with Gasteiger partial charge in [-0.1, -0.05) is 91.9 Å². The number of hydrogen-bond donors (Lipinski definition) is 4. The van der Waals surface area contributed by atoms with Crippen LogP contribution >= 0.6 is 0 Å². The maximum absolute atomic E-state index is 13.3. The number of piperidine rings is 1. The highest BCUT2D eigenvalue weighted by atomic mass is 16.7. The number of amides is 3. The molecule has 4 N–H and O–H groups in total. The van der Waals surface area contributed by atoms with Crippen LogP contribution in [0.25, 0.3) is 0 Å². The molecule has 260 valence electrons. The van der Waals surface area contributed by atoms with E-state index in [1.807, 2.05) is 97.1 Å². The summed E-state index contributed by atoms with van der Waals surface area (Å²) in [5.74, 6) is 0.119. The van der Waals surface area contributed by atoms with E-state index in [-0.39, 0.29) is 36.7 Å². The van der Waals surface area contributed by atoms with Gasteiger partial charge in [0.05, 0.1) is 25.5 Å². The summed E-state index contributed by atoms with van der Waals surface area (Å²) >= 11 is 0. The van der Waals surface area contributed by atoms with Crippen molar-refractivity contribution < 1.29 is 24.2 Å². The van der Waals surface area contributed by atoms with Crippen LogP contribution in [0.2, 0.25) is 0 Å². The van der Waals surface area contributed by atoms with E-state index in [1.54, 1.807) is 0 Å². The molecule has 3 fully saturated rings. The summed E-state index contributed by atoms with van der Waals surface area (Å²) in [6.07, 6.45) is 0.348. The average Bonchev–Trinajstić information content (AvgIpc) is 3.47. The van der Waals surface area contributed by atoms with Crippen LogP contribution in [0.1, 0.15) is 54.4 Å². The van der Waals surface area contributed by atoms with Crippen molar-refractivity contribution in [3.8, 4) is 0 Å². The third-order valence-corrected chi connectivity index (χ3v) is 10.4. The fourth-order valence-electron chi connectivity index (χ4n) is 7.44. The molecule has 3 aliphatic heterocycles. The first-order chi connectivity index (χ1) is 24.4. The molecule has 3 heterocycles. The summed E-state index contributed by atoms with van der Waals surface area (Å²) in [4.78, 5) is 30.7. The van der Waals surface area contributed by atoms with Crippen LogP contribution in [0.15, 0.2) is 109 Å². The SMILES string of the molecule is C[C@@H]1[C@H](CN2CCC3(CC2)C(=O)NCN3c2ccccc2)O[C@H](c2cccc(NC(=O)NCc3ccccc3)c2)O[C@@H]1c1ccc(CO)cc1. The van der Waals surface area contributed by atoms with Crippen LogP contribution in [0.4, 0.5) is 16.2 Å². The highest BCUT2D eigenvalue weighted by molar-refractivity contribution is 5.93. The molecular weight excluding hydrogens is 630 g/mol. The summed E-state index contributed by atoms with van der Waals surface area (Å²) in [6, 6.07) is 35.1. The number of carbonyl (C=O) groups is 2. The minimum Gasteiger partial charge on any atom is -0.392 e. The lowest BCUT2D eigenvalue weighted by atomic mass is 9.84. The minimum atomic E-state index is -0.668. The molecule has 10 nitrogen and oxygen atoms in total. The van der Waals surface area contributed by atoms with Crippen LogP contribution in [0, 0.1) is 5.92 Å². The molecule has 4 aromatic rings. The number of nitrogens with one attached hydrogen (secondary N) is 3. The smallest absolute Gasteiger partial charge is 0.319 e. The van der Waals surface area contributed by atoms with Crippen molar-refractivity contribution >= 4 is 23.3 Å². The molecule has 1 spiro atoms. The Labute approximate surface area is 293 Å². The number of likely N-dealkylation sites (tertiary alicyclic amines) is 1. The van der Waals surface area contributed by atoms with Crippen molar-refractivity contribution in [3.05, 3.63) is 131 Å². The third-order valence-electron chi connectivity index (χ3n) is 10.4. The van der Waals surface area contributed by atoms with Crippen LogP contribution < -0.4 is 20.9 Å². The molecule has 0 aliphatic carbocycles. The molecule has 4 atom stereocenters. The average molecular weight is 676 g/mol. The second-order valence-corrected chi connectivity index (χ2v) is 13.5. The van der Waals surface area contributed by atoms with E-state index < -0.39 is 11.8 Å². The summed E-state index contributed by atoms with van der Waals surface area (Å²) < 4.78 is 13.4. The molecular formula is C40H45N5O5.